The Balaban J connectivity index is 1.22. The van der Waals surface area contributed by atoms with Crippen molar-refractivity contribution in [3.05, 3.63) is 197 Å². The van der Waals surface area contributed by atoms with Crippen LogP contribution in [0.1, 0.15) is 74.9 Å². The summed E-state index contributed by atoms with van der Waals surface area (Å²) in [5, 5.41) is 2.59. The van der Waals surface area contributed by atoms with Crippen molar-refractivity contribution in [1.82, 2.24) is 0 Å². The van der Waals surface area contributed by atoms with Crippen LogP contribution in [0.5, 0.6) is 0 Å². The molecule has 1 nitrogen and oxygen atoms in total. The molecule has 0 saturated heterocycles. The second-order valence-electron chi connectivity index (χ2n) is 17.8. The Morgan fingerprint density at radius 3 is 1.50 bits per heavy atom. The van der Waals surface area contributed by atoms with Gasteiger partial charge in [0.05, 0.1) is 5.69 Å². The topological polar surface area (TPSA) is 3.24 Å². The van der Waals surface area contributed by atoms with Crippen molar-refractivity contribution in [1.29, 1.82) is 0 Å². The van der Waals surface area contributed by atoms with Gasteiger partial charge >= 0.3 is 0 Å². The minimum atomic E-state index is -0.204. The van der Waals surface area contributed by atoms with Crippen LogP contribution < -0.4 is 4.90 Å². The van der Waals surface area contributed by atoms with Crippen LogP contribution in [0, 0.1) is 0 Å². The highest BCUT2D eigenvalue weighted by Gasteiger charge is 2.42. The fraction of sp³-hybridized carbons (Fsp3) is 0.164. The van der Waals surface area contributed by atoms with Gasteiger partial charge < -0.3 is 4.90 Å². The zero-order valence-corrected chi connectivity index (χ0v) is 33.0. The number of nitrogens with zero attached hydrogens (tertiary/aromatic N) is 1. The van der Waals surface area contributed by atoms with E-state index in [4.69, 9.17) is 0 Å². The SMILES string of the molecule is CC1(C)c2ccccc2-c2ccc(N(c3ccc4c(c3)C(C)(C)c3ccccc3-4)c3cc4ccccc4c4c3-c3cc(-c5ccccc5)ccc3C4(C)C)cc21. The molecule has 0 fully saturated rings. The molecule has 0 saturated carbocycles. The summed E-state index contributed by atoms with van der Waals surface area (Å²) >= 11 is 0. The summed E-state index contributed by atoms with van der Waals surface area (Å²) in [5.74, 6) is 0. The summed E-state index contributed by atoms with van der Waals surface area (Å²) in [6.07, 6.45) is 0. The molecule has 11 rings (SSSR count). The molecule has 0 unspecified atom stereocenters. The van der Waals surface area contributed by atoms with Crippen LogP contribution in [0.25, 0.3) is 55.3 Å². The molecule has 0 amide bonds. The van der Waals surface area contributed by atoms with Gasteiger partial charge in [-0.05, 0) is 119 Å². The first kappa shape index (κ1) is 33.2. The molecule has 56 heavy (non-hydrogen) atoms. The molecule has 8 aromatic carbocycles. The minimum Gasteiger partial charge on any atom is -0.310 e. The van der Waals surface area contributed by atoms with Crippen LogP contribution in [0.2, 0.25) is 0 Å². The smallest absolute Gasteiger partial charge is 0.0549 e. The average Bonchev–Trinajstić information content (AvgIpc) is 3.71. The number of hydrogen-bond acceptors (Lipinski definition) is 1. The molecule has 0 aromatic heterocycles. The first-order valence-corrected chi connectivity index (χ1v) is 20.1. The third-order valence-electron chi connectivity index (χ3n) is 13.6. The van der Waals surface area contributed by atoms with Crippen molar-refractivity contribution in [2.24, 2.45) is 0 Å². The summed E-state index contributed by atoms with van der Waals surface area (Å²) in [5.41, 5.74) is 21.9. The average molecular weight is 720 g/mol. The highest BCUT2D eigenvalue weighted by Crippen LogP contribution is 2.59. The lowest BCUT2D eigenvalue weighted by Crippen LogP contribution is -2.19. The first-order chi connectivity index (χ1) is 27.0. The second kappa shape index (κ2) is 11.4. The lowest BCUT2D eigenvalue weighted by atomic mass is 9.79. The number of fused-ring (bicyclic) bond motifs is 11. The van der Waals surface area contributed by atoms with Crippen molar-refractivity contribution in [3.8, 4) is 44.5 Å². The van der Waals surface area contributed by atoms with Gasteiger partial charge in [0.15, 0.2) is 0 Å². The molecule has 0 bridgehead atoms. The number of anilines is 3. The van der Waals surface area contributed by atoms with E-state index in [0.717, 1.165) is 0 Å². The van der Waals surface area contributed by atoms with Gasteiger partial charge in [0, 0.05) is 33.2 Å². The molecule has 270 valence electrons. The summed E-state index contributed by atoms with van der Waals surface area (Å²) < 4.78 is 0. The molecule has 3 aliphatic rings. The fourth-order valence-electron chi connectivity index (χ4n) is 10.8. The minimum absolute atomic E-state index is 0.125. The van der Waals surface area contributed by atoms with Gasteiger partial charge in [-0.25, -0.2) is 0 Å². The number of rotatable bonds is 4. The Morgan fingerprint density at radius 2 is 0.875 bits per heavy atom. The van der Waals surface area contributed by atoms with E-state index in [0.29, 0.717) is 0 Å². The Hall–Kier alpha value is -6.18. The molecular formula is C55H45N. The zero-order chi connectivity index (χ0) is 38.1. The predicted octanol–water partition coefficient (Wildman–Crippen LogP) is 14.9. The van der Waals surface area contributed by atoms with Crippen molar-refractivity contribution in [2.45, 2.75) is 57.8 Å². The standard InChI is InChI=1S/C55H45N/c1-53(2)45-22-14-12-20-40(45)42-27-25-37(32-48(42)53)56(38-26-28-43-41-21-13-15-23-46(41)54(3,4)49(43)33-38)50-31-36-18-10-11-19-39(36)52-51(50)44-30-35(34-16-8-7-9-17-34)24-29-47(44)55(52,5)6/h7-33H,1-6H3. The van der Waals surface area contributed by atoms with E-state index in [2.05, 4.69) is 210 Å². The third-order valence-corrected chi connectivity index (χ3v) is 13.6. The largest absolute Gasteiger partial charge is 0.310 e. The Bertz CT molecular complexity index is 2830. The highest BCUT2D eigenvalue weighted by molar-refractivity contribution is 6.07. The normalized spacial score (nSPS) is 15.8. The first-order valence-electron chi connectivity index (χ1n) is 20.1. The van der Waals surface area contributed by atoms with Gasteiger partial charge in [-0.15, -0.1) is 0 Å². The molecule has 0 atom stereocenters. The van der Waals surface area contributed by atoms with E-state index < -0.39 is 0 Å². The quantitative estimate of drug-likeness (QED) is 0.175. The maximum Gasteiger partial charge on any atom is 0.0549 e. The van der Waals surface area contributed by atoms with Gasteiger partial charge in [-0.2, -0.15) is 0 Å². The third kappa shape index (κ3) is 4.43. The summed E-state index contributed by atoms with van der Waals surface area (Å²) in [6, 6.07) is 61.9. The van der Waals surface area contributed by atoms with Gasteiger partial charge in [0.25, 0.3) is 0 Å². The second-order valence-corrected chi connectivity index (χ2v) is 17.8. The van der Waals surface area contributed by atoms with Gasteiger partial charge in [-0.3, -0.25) is 0 Å². The van der Waals surface area contributed by atoms with Crippen molar-refractivity contribution in [2.75, 3.05) is 4.90 Å². The van der Waals surface area contributed by atoms with Crippen molar-refractivity contribution >= 4 is 27.8 Å². The fourth-order valence-corrected chi connectivity index (χ4v) is 10.8. The monoisotopic (exact) mass is 719 g/mol. The number of hydrogen-bond donors (Lipinski definition) is 0. The molecule has 3 aliphatic carbocycles. The van der Waals surface area contributed by atoms with Crippen molar-refractivity contribution < 1.29 is 0 Å². The van der Waals surface area contributed by atoms with Crippen LogP contribution in [-0.2, 0) is 16.2 Å². The van der Waals surface area contributed by atoms with Crippen LogP contribution in [-0.4, -0.2) is 0 Å². The summed E-state index contributed by atoms with van der Waals surface area (Å²) in [4.78, 5) is 2.59. The van der Waals surface area contributed by atoms with E-state index in [1.807, 2.05) is 0 Å². The van der Waals surface area contributed by atoms with Crippen LogP contribution in [0.4, 0.5) is 17.1 Å². The predicted molar refractivity (Wildman–Crippen MR) is 237 cm³/mol. The van der Waals surface area contributed by atoms with Gasteiger partial charge in [0.1, 0.15) is 0 Å². The molecule has 0 heterocycles. The van der Waals surface area contributed by atoms with Crippen LogP contribution >= 0.6 is 0 Å². The van der Waals surface area contributed by atoms with Crippen molar-refractivity contribution in [3.63, 3.8) is 0 Å². The lowest BCUT2D eigenvalue weighted by molar-refractivity contribution is 0.660. The molecule has 0 N–H and O–H groups in total. The number of benzene rings is 8. The van der Waals surface area contributed by atoms with E-state index in [9.17, 15) is 0 Å². The Kier molecular flexibility index (Phi) is 6.77. The Morgan fingerprint density at radius 1 is 0.357 bits per heavy atom. The maximum atomic E-state index is 2.59. The zero-order valence-electron chi connectivity index (χ0n) is 33.0. The van der Waals surface area contributed by atoms with E-state index >= 15 is 0 Å². The van der Waals surface area contributed by atoms with Crippen LogP contribution in [0.3, 0.4) is 0 Å². The molecule has 0 radical (unpaired) electrons. The lowest BCUT2D eigenvalue weighted by Gasteiger charge is -2.32. The van der Waals surface area contributed by atoms with E-state index in [-0.39, 0.29) is 16.2 Å². The summed E-state index contributed by atoms with van der Waals surface area (Å²) in [6.45, 7) is 14.4. The summed E-state index contributed by atoms with van der Waals surface area (Å²) in [7, 11) is 0. The molecule has 1 heteroatoms. The van der Waals surface area contributed by atoms with Gasteiger partial charge in [0.2, 0.25) is 0 Å². The molecule has 0 aliphatic heterocycles. The van der Waals surface area contributed by atoms with Gasteiger partial charge in [-0.1, -0.05) is 169 Å². The highest BCUT2D eigenvalue weighted by atomic mass is 15.1. The van der Waals surface area contributed by atoms with E-state index in [1.54, 1.807) is 0 Å². The molecular weight excluding hydrogens is 675 g/mol. The molecule has 8 aromatic rings. The van der Waals surface area contributed by atoms with Crippen LogP contribution in [0.15, 0.2) is 164 Å². The maximum absolute atomic E-state index is 2.59. The molecule has 0 spiro atoms. The van der Waals surface area contributed by atoms with E-state index in [1.165, 1.54) is 106 Å². The Labute approximate surface area is 330 Å².